The van der Waals surface area contributed by atoms with Crippen molar-refractivity contribution in [3.05, 3.63) is 72.9 Å². The van der Waals surface area contributed by atoms with Crippen LogP contribution in [-0.4, -0.2) is 37.9 Å². The molecule has 1 unspecified atom stereocenters. The zero-order chi connectivity index (χ0) is 46.3. The number of ether oxygens (including phenoxy) is 3. The molecule has 0 bridgehead atoms. The van der Waals surface area contributed by atoms with E-state index in [1.165, 1.54) is 148 Å². The maximum Gasteiger partial charge on any atom is 0.306 e. The van der Waals surface area contributed by atoms with Crippen LogP contribution in [-0.2, 0) is 23.8 Å². The van der Waals surface area contributed by atoms with E-state index >= 15 is 0 Å². The molecule has 0 amide bonds. The molecule has 0 fully saturated rings. The normalized spacial score (nSPS) is 12.7. The lowest BCUT2D eigenvalue weighted by molar-refractivity contribution is -0.163. The minimum Gasteiger partial charge on any atom is -0.462 e. The minimum absolute atomic E-state index is 0.0583. The van der Waals surface area contributed by atoms with Gasteiger partial charge in [0.05, 0.1) is 6.61 Å². The summed E-state index contributed by atoms with van der Waals surface area (Å²) in [4.78, 5) is 25.4. The van der Waals surface area contributed by atoms with Crippen molar-refractivity contribution in [2.75, 3.05) is 19.8 Å². The average Bonchev–Trinajstić information content (AvgIpc) is 3.30. The maximum atomic E-state index is 12.8. The van der Waals surface area contributed by atoms with Crippen LogP contribution in [0.2, 0.25) is 0 Å². The molecule has 0 saturated heterocycles. The smallest absolute Gasteiger partial charge is 0.306 e. The summed E-state index contributed by atoms with van der Waals surface area (Å²) in [7, 11) is 0. The van der Waals surface area contributed by atoms with Gasteiger partial charge in [0.15, 0.2) is 6.10 Å². The topological polar surface area (TPSA) is 61.8 Å². The van der Waals surface area contributed by atoms with Crippen LogP contribution < -0.4 is 0 Å². The van der Waals surface area contributed by atoms with E-state index < -0.39 is 6.10 Å². The van der Waals surface area contributed by atoms with Gasteiger partial charge in [0.2, 0.25) is 0 Å². The van der Waals surface area contributed by atoms with Gasteiger partial charge in [0.1, 0.15) is 6.61 Å². The summed E-state index contributed by atoms with van der Waals surface area (Å²) in [5.74, 6) is -0.451. The fourth-order valence-corrected chi connectivity index (χ4v) is 7.61. The van der Waals surface area contributed by atoms with Gasteiger partial charge in [-0.05, 0) is 109 Å². The molecule has 5 heteroatoms. The van der Waals surface area contributed by atoms with Gasteiger partial charge >= 0.3 is 11.9 Å². The highest BCUT2D eigenvalue weighted by atomic mass is 16.6. The van der Waals surface area contributed by atoms with Gasteiger partial charge < -0.3 is 14.2 Å². The number of hydrogen-bond donors (Lipinski definition) is 0. The standard InChI is InChI=1S/C59H104O5/c1-4-7-10-13-16-19-22-25-28-29-30-33-36-39-42-45-48-51-54-62-55-57(64-59(61)53-50-47-44-41-38-35-32-27-24-21-18-15-12-9-6-3)56-63-58(60)52-49-46-43-40-37-34-31-26-23-20-17-14-11-8-5-2/h8,11,17,20,25-28,31-32,37,40,57H,4-7,9-10,12-16,18-19,21-24,29-30,33-36,38-39,41-56H2,1-3H3/b11-8-,20-17-,28-25-,31-26-,32-27-,40-37-. The van der Waals surface area contributed by atoms with E-state index in [1.54, 1.807) is 0 Å². The van der Waals surface area contributed by atoms with Crippen LogP contribution in [0.25, 0.3) is 0 Å². The largest absolute Gasteiger partial charge is 0.462 e. The highest BCUT2D eigenvalue weighted by Crippen LogP contribution is 2.14. The molecule has 0 aliphatic rings. The van der Waals surface area contributed by atoms with Gasteiger partial charge in [-0.1, -0.05) is 216 Å². The Labute approximate surface area is 397 Å². The van der Waals surface area contributed by atoms with E-state index in [4.69, 9.17) is 14.2 Å². The van der Waals surface area contributed by atoms with E-state index in [0.717, 1.165) is 83.5 Å². The van der Waals surface area contributed by atoms with Crippen molar-refractivity contribution in [2.24, 2.45) is 0 Å². The Morgan fingerprint density at radius 1 is 0.359 bits per heavy atom. The zero-order valence-electron chi connectivity index (χ0n) is 42.5. The Bertz CT molecular complexity index is 1150. The van der Waals surface area contributed by atoms with Crippen molar-refractivity contribution in [1.82, 2.24) is 0 Å². The third-order valence-electron chi connectivity index (χ3n) is 11.7. The Kier molecular flexibility index (Phi) is 52.4. The molecule has 0 radical (unpaired) electrons. The molecule has 0 aromatic carbocycles. The molecule has 0 aliphatic carbocycles. The lowest BCUT2D eigenvalue weighted by Crippen LogP contribution is -2.30. The van der Waals surface area contributed by atoms with Gasteiger partial charge in [-0.25, -0.2) is 0 Å². The molecule has 64 heavy (non-hydrogen) atoms. The molecule has 0 aromatic rings. The van der Waals surface area contributed by atoms with Crippen molar-refractivity contribution >= 4 is 11.9 Å². The molecular weight excluding hydrogens is 789 g/mol. The molecular formula is C59H104O5. The summed E-state index contributed by atoms with van der Waals surface area (Å²) in [5.41, 5.74) is 0. The quantitative estimate of drug-likeness (QED) is 0.0346. The third-order valence-corrected chi connectivity index (χ3v) is 11.7. The number of esters is 2. The second-order valence-corrected chi connectivity index (χ2v) is 18.1. The number of carbonyl (C=O) groups excluding carboxylic acids is 2. The van der Waals surface area contributed by atoms with E-state index in [9.17, 15) is 9.59 Å². The van der Waals surface area contributed by atoms with Crippen LogP contribution in [0.3, 0.4) is 0 Å². The predicted octanol–water partition coefficient (Wildman–Crippen LogP) is 18.7. The van der Waals surface area contributed by atoms with Crippen LogP contribution in [0.4, 0.5) is 0 Å². The van der Waals surface area contributed by atoms with E-state index in [0.29, 0.717) is 19.4 Å². The highest BCUT2D eigenvalue weighted by Gasteiger charge is 2.17. The summed E-state index contributed by atoms with van der Waals surface area (Å²) in [5, 5.41) is 0. The fourth-order valence-electron chi connectivity index (χ4n) is 7.61. The Balaban J connectivity index is 4.33. The molecule has 0 aliphatic heterocycles. The van der Waals surface area contributed by atoms with Gasteiger partial charge in [-0.15, -0.1) is 0 Å². The van der Waals surface area contributed by atoms with E-state index in [2.05, 4.69) is 93.7 Å². The summed E-state index contributed by atoms with van der Waals surface area (Å²) >= 11 is 0. The number of hydrogen-bond acceptors (Lipinski definition) is 5. The first-order valence-electron chi connectivity index (χ1n) is 27.5. The van der Waals surface area contributed by atoms with Gasteiger partial charge in [0.25, 0.3) is 0 Å². The van der Waals surface area contributed by atoms with E-state index in [1.807, 2.05) is 0 Å². The first-order valence-corrected chi connectivity index (χ1v) is 27.5. The fraction of sp³-hybridized carbons (Fsp3) is 0.763. The van der Waals surface area contributed by atoms with Crippen LogP contribution in [0.1, 0.15) is 265 Å². The Hall–Kier alpha value is -2.66. The molecule has 5 nitrogen and oxygen atoms in total. The van der Waals surface area contributed by atoms with Crippen molar-refractivity contribution in [1.29, 1.82) is 0 Å². The molecule has 0 N–H and O–H groups in total. The average molecular weight is 893 g/mol. The highest BCUT2D eigenvalue weighted by molar-refractivity contribution is 5.70. The number of unbranched alkanes of at least 4 members (excludes halogenated alkanes) is 27. The van der Waals surface area contributed by atoms with E-state index in [-0.39, 0.29) is 25.2 Å². The number of carbonyl (C=O) groups is 2. The van der Waals surface area contributed by atoms with Crippen molar-refractivity contribution in [3.8, 4) is 0 Å². The molecule has 1 atom stereocenters. The number of rotatable bonds is 50. The first kappa shape index (κ1) is 61.3. The van der Waals surface area contributed by atoms with Gasteiger partial charge in [0, 0.05) is 19.4 Å². The second-order valence-electron chi connectivity index (χ2n) is 18.1. The van der Waals surface area contributed by atoms with Gasteiger partial charge in [-0.3, -0.25) is 9.59 Å². The molecule has 0 saturated carbocycles. The molecule has 0 spiro atoms. The lowest BCUT2D eigenvalue weighted by atomic mass is 10.1. The van der Waals surface area contributed by atoms with Crippen molar-refractivity contribution < 1.29 is 23.8 Å². The second kappa shape index (κ2) is 54.7. The van der Waals surface area contributed by atoms with Crippen molar-refractivity contribution in [3.63, 3.8) is 0 Å². The van der Waals surface area contributed by atoms with Crippen molar-refractivity contribution in [2.45, 2.75) is 271 Å². The minimum atomic E-state index is -0.561. The third kappa shape index (κ3) is 52.0. The lowest BCUT2D eigenvalue weighted by Gasteiger charge is -2.18. The van der Waals surface area contributed by atoms with Crippen LogP contribution in [0, 0.1) is 0 Å². The molecule has 370 valence electrons. The number of allylic oxidation sites excluding steroid dienone is 12. The SMILES string of the molecule is CC/C=C\C/C=C\C/C=C\C/C=C\CCCCC(=O)OCC(COCCCCCCCCCC/C=C\CCCCCCCC)OC(=O)CCCCCCC/C=C\CCCCCCCC. The molecule has 0 rings (SSSR count). The molecule has 0 heterocycles. The summed E-state index contributed by atoms with van der Waals surface area (Å²) in [6.45, 7) is 7.67. The monoisotopic (exact) mass is 893 g/mol. The van der Waals surface area contributed by atoms with Crippen LogP contribution >= 0.6 is 0 Å². The summed E-state index contributed by atoms with van der Waals surface area (Å²) in [6, 6.07) is 0. The summed E-state index contributed by atoms with van der Waals surface area (Å²) in [6.07, 6.45) is 70.6. The van der Waals surface area contributed by atoms with Gasteiger partial charge in [-0.2, -0.15) is 0 Å². The first-order chi connectivity index (χ1) is 31.6. The zero-order valence-corrected chi connectivity index (χ0v) is 42.5. The predicted molar refractivity (Wildman–Crippen MR) is 279 cm³/mol. The summed E-state index contributed by atoms with van der Waals surface area (Å²) < 4.78 is 17.4. The molecule has 0 aromatic heterocycles. The van der Waals surface area contributed by atoms with Crippen LogP contribution in [0.15, 0.2) is 72.9 Å². The Morgan fingerprint density at radius 2 is 0.703 bits per heavy atom. The maximum absolute atomic E-state index is 12.8. The van der Waals surface area contributed by atoms with Crippen LogP contribution in [0.5, 0.6) is 0 Å². The Morgan fingerprint density at radius 3 is 1.17 bits per heavy atom.